The van der Waals surface area contributed by atoms with Crippen LogP contribution in [0, 0.1) is 5.82 Å². The Hall–Kier alpha value is -4.06. The van der Waals surface area contributed by atoms with E-state index < -0.39 is 0 Å². The van der Waals surface area contributed by atoms with Crippen molar-refractivity contribution in [1.29, 1.82) is 0 Å². The van der Waals surface area contributed by atoms with E-state index in [2.05, 4.69) is 40.8 Å². The maximum Gasteiger partial charge on any atom is 0.235 e. The first-order chi connectivity index (χ1) is 18.2. The van der Waals surface area contributed by atoms with Crippen molar-refractivity contribution in [3.05, 3.63) is 59.4 Å². The van der Waals surface area contributed by atoms with Crippen LogP contribution in [-0.2, 0) is 18.9 Å². The number of hydrogen-bond acceptors (Lipinski definition) is 10. The average molecular weight is 522 g/mol. The molecule has 0 aliphatic heterocycles. The van der Waals surface area contributed by atoms with Crippen LogP contribution < -0.4 is 10.6 Å². The summed E-state index contributed by atoms with van der Waals surface area (Å²) in [6, 6.07) is 5.52. The van der Waals surface area contributed by atoms with Gasteiger partial charge in [-0.3, -0.25) is 9.48 Å². The minimum absolute atomic E-state index is 0.106. The van der Waals surface area contributed by atoms with Crippen LogP contribution in [-0.4, -0.2) is 48.2 Å². The van der Waals surface area contributed by atoms with Crippen LogP contribution in [0.5, 0.6) is 0 Å². The minimum Gasteiger partial charge on any atom is -0.338 e. The van der Waals surface area contributed by atoms with E-state index in [0.29, 0.717) is 35.3 Å². The van der Waals surface area contributed by atoms with E-state index in [1.165, 1.54) is 6.33 Å². The Labute approximate surface area is 220 Å². The fourth-order valence-electron chi connectivity index (χ4n) is 4.13. The second-order valence-corrected chi connectivity index (χ2v) is 10.1. The number of hydrogen-bond donors (Lipinski definition) is 2. The van der Waals surface area contributed by atoms with Crippen LogP contribution in [0.15, 0.2) is 35.2 Å². The molecule has 0 bridgehead atoms. The number of anilines is 2. The summed E-state index contributed by atoms with van der Waals surface area (Å²) >= 11 is 0. The quantitative estimate of drug-likeness (QED) is 0.288. The van der Waals surface area contributed by atoms with E-state index in [4.69, 9.17) is 4.52 Å². The van der Waals surface area contributed by atoms with Crippen molar-refractivity contribution in [1.82, 2.24) is 40.2 Å². The fraction of sp³-hybridized carbons (Fsp3) is 0.423. The first kappa shape index (κ1) is 27.0. The van der Waals surface area contributed by atoms with Crippen molar-refractivity contribution in [2.75, 3.05) is 12.4 Å². The first-order valence-corrected chi connectivity index (χ1v) is 12.4. The number of rotatable bonds is 5. The smallest absolute Gasteiger partial charge is 0.235 e. The maximum atomic E-state index is 14.9. The Morgan fingerprint density at radius 3 is 2.63 bits per heavy atom. The largest absolute Gasteiger partial charge is 0.338 e. The van der Waals surface area contributed by atoms with Gasteiger partial charge in [-0.2, -0.15) is 15.1 Å². The molecule has 0 spiro atoms. The van der Waals surface area contributed by atoms with Gasteiger partial charge in [0.25, 0.3) is 0 Å². The number of halogens is 1. The summed E-state index contributed by atoms with van der Waals surface area (Å²) in [7, 11) is 3.75. The number of fused-ring (bicyclic) bond motifs is 1. The number of nitrogens with one attached hydrogen (secondary N) is 2. The lowest BCUT2D eigenvalue weighted by molar-refractivity contribution is 0.111. The highest BCUT2D eigenvalue weighted by Gasteiger charge is 2.22. The SMILES string of the molecule is CC(C)(C)c1nc(C=O)no1.CNC1CCCCc2cc(-c3ncnc(Nc4ccn(C)n4)n3)c(F)cc21. The predicted molar refractivity (Wildman–Crippen MR) is 139 cm³/mol. The van der Waals surface area contributed by atoms with Crippen LogP contribution in [0.4, 0.5) is 16.2 Å². The monoisotopic (exact) mass is 521 g/mol. The summed E-state index contributed by atoms with van der Waals surface area (Å²) in [5.41, 5.74) is 2.41. The predicted octanol–water partition coefficient (Wildman–Crippen LogP) is 4.32. The van der Waals surface area contributed by atoms with Crippen molar-refractivity contribution in [3.63, 3.8) is 0 Å². The molecule has 1 aromatic carbocycles. The molecule has 3 heterocycles. The molecule has 4 aromatic rings. The third kappa shape index (κ3) is 6.43. The summed E-state index contributed by atoms with van der Waals surface area (Å²) < 4.78 is 21.4. The minimum atomic E-state index is -0.314. The molecule has 3 aromatic heterocycles. The molecular formula is C26H32FN9O2. The molecule has 12 heteroatoms. The second-order valence-electron chi connectivity index (χ2n) is 10.1. The molecule has 0 fully saturated rings. The molecule has 0 amide bonds. The van der Waals surface area contributed by atoms with E-state index in [0.717, 1.165) is 36.8 Å². The number of benzene rings is 1. The topological polar surface area (TPSA) is 137 Å². The highest BCUT2D eigenvalue weighted by molar-refractivity contribution is 5.68. The molecule has 1 atom stereocenters. The molecule has 2 N–H and O–H groups in total. The molecule has 5 rings (SSSR count). The standard InChI is InChI=1S/C19H22FN7.C7H10N2O2/c1-21-16-6-4-3-5-12-9-14(15(20)10-13(12)16)18-22-11-23-19(25-18)24-17-7-8-27(2)26-17;1-7(2,3)6-8-5(4-10)9-11-6/h7-11,16,21H,3-6H2,1-2H3,(H,22,23,24,25,26);4H,1-3H3. The van der Waals surface area contributed by atoms with Gasteiger partial charge in [0.2, 0.25) is 17.7 Å². The lowest BCUT2D eigenvalue weighted by Crippen LogP contribution is -2.17. The van der Waals surface area contributed by atoms with Gasteiger partial charge in [-0.1, -0.05) is 32.3 Å². The number of nitrogens with zero attached hydrogens (tertiary/aromatic N) is 7. The zero-order valence-electron chi connectivity index (χ0n) is 22.2. The van der Waals surface area contributed by atoms with E-state index in [-0.39, 0.29) is 23.1 Å². The van der Waals surface area contributed by atoms with Gasteiger partial charge in [-0.05, 0) is 49.6 Å². The molecule has 200 valence electrons. The highest BCUT2D eigenvalue weighted by atomic mass is 19.1. The molecule has 1 aliphatic rings. The van der Waals surface area contributed by atoms with Crippen molar-refractivity contribution >= 4 is 18.1 Å². The molecule has 38 heavy (non-hydrogen) atoms. The molecular weight excluding hydrogens is 489 g/mol. The molecule has 1 aliphatic carbocycles. The van der Waals surface area contributed by atoms with Crippen molar-refractivity contribution < 1.29 is 13.7 Å². The van der Waals surface area contributed by atoms with Crippen LogP contribution in [0.2, 0.25) is 0 Å². The van der Waals surface area contributed by atoms with Crippen LogP contribution >= 0.6 is 0 Å². The molecule has 0 saturated heterocycles. The van der Waals surface area contributed by atoms with Gasteiger partial charge in [0.15, 0.2) is 17.9 Å². The van der Waals surface area contributed by atoms with Crippen LogP contribution in [0.1, 0.15) is 73.7 Å². The van der Waals surface area contributed by atoms with Gasteiger partial charge in [-0.15, -0.1) is 0 Å². The second kappa shape index (κ2) is 11.5. The average Bonchev–Trinajstić information content (AvgIpc) is 3.49. The Morgan fingerprint density at radius 1 is 1.18 bits per heavy atom. The summed E-state index contributed by atoms with van der Waals surface area (Å²) in [4.78, 5) is 26.7. The number of carbonyl (C=O) groups is 1. The third-order valence-corrected chi connectivity index (χ3v) is 6.10. The molecule has 0 radical (unpaired) electrons. The fourth-order valence-corrected chi connectivity index (χ4v) is 4.13. The van der Waals surface area contributed by atoms with E-state index in [9.17, 15) is 9.18 Å². The van der Waals surface area contributed by atoms with E-state index >= 15 is 0 Å². The Kier molecular flexibility index (Phi) is 8.20. The molecule has 1 unspecified atom stereocenters. The maximum absolute atomic E-state index is 14.9. The first-order valence-electron chi connectivity index (χ1n) is 12.4. The van der Waals surface area contributed by atoms with Gasteiger partial charge < -0.3 is 15.2 Å². The lowest BCUT2D eigenvalue weighted by Gasteiger charge is -2.18. The van der Waals surface area contributed by atoms with Crippen LogP contribution in [0.25, 0.3) is 11.4 Å². The van der Waals surface area contributed by atoms with E-state index in [1.807, 2.05) is 53.2 Å². The van der Waals surface area contributed by atoms with Gasteiger partial charge in [0, 0.05) is 30.8 Å². The van der Waals surface area contributed by atoms with Gasteiger partial charge in [0.05, 0.1) is 5.56 Å². The highest BCUT2D eigenvalue weighted by Crippen LogP contribution is 2.33. The number of aromatic nitrogens is 7. The summed E-state index contributed by atoms with van der Waals surface area (Å²) in [6.45, 7) is 5.82. The van der Waals surface area contributed by atoms with Crippen molar-refractivity contribution in [2.24, 2.45) is 7.05 Å². The zero-order valence-corrected chi connectivity index (χ0v) is 22.2. The Balaban J connectivity index is 0.000000257. The number of aryl methyl sites for hydroxylation is 2. The van der Waals surface area contributed by atoms with Gasteiger partial charge >= 0.3 is 0 Å². The van der Waals surface area contributed by atoms with Crippen molar-refractivity contribution in [3.8, 4) is 11.4 Å². The normalized spacial score (nSPS) is 15.2. The zero-order chi connectivity index (χ0) is 27.3. The Morgan fingerprint density at radius 2 is 2.00 bits per heavy atom. The summed E-state index contributed by atoms with van der Waals surface area (Å²) in [5, 5.41) is 14.0. The lowest BCUT2D eigenvalue weighted by atomic mass is 9.96. The number of aldehydes is 1. The molecule has 0 saturated carbocycles. The summed E-state index contributed by atoms with van der Waals surface area (Å²) in [6.07, 6.45) is 7.95. The van der Waals surface area contributed by atoms with Gasteiger partial charge in [0.1, 0.15) is 12.1 Å². The van der Waals surface area contributed by atoms with E-state index in [1.54, 1.807) is 10.7 Å². The molecule has 11 nitrogen and oxygen atoms in total. The third-order valence-electron chi connectivity index (χ3n) is 6.10. The summed E-state index contributed by atoms with van der Waals surface area (Å²) in [5.74, 6) is 1.55. The Bertz CT molecular complexity index is 1390. The van der Waals surface area contributed by atoms with Crippen LogP contribution in [0.3, 0.4) is 0 Å². The number of carbonyl (C=O) groups excluding carboxylic acids is 1. The van der Waals surface area contributed by atoms with Crippen molar-refractivity contribution in [2.45, 2.75) is 57.9 Å². The van der Waals surface area contributed by atoms with Gasteiger partial charge in [-0.25, -0.2) is 14.4 Å².